The number of hydrogen-bond donors (Lipinski definition) is 3. The zero-order chi connectivity index (χ0) is 45.7. The Labute approximate surface area is 363 Å². The highest BCUT2D eigenvalue weighted by molar-refractivity contribution is 5.90. The fourth-order valence-corrected chi connectivity index (χ4v) is 8.77. The maximum atomic E-state index is 14.5. The lowest BCUT2D eigenvalue weighted by molar-refractivity contribution is -0.384. The fourth-order valence-electron chi connectivity index (χ4n) is 8.77. The number of rotatable bonds is 23. The lowest BCUT2D eigenvalue weighted by Gasteiger charge is -2.41. The lowest BCUT2D eigenvalue weighted by Crippen LogP contribution is -2.60. The number of likely N-dealkylation sites (tertiary alicyclic amines) is 1. The van der Waals surface area contributed by atoms with Crippen LogP contribution in [0, 0.1) is 33.8 Å². The molecular weight excluding hydrogens is 781 g/mol. The molecule has 340 valence electrons. The van der Waals surface area contributed by atoms with E-state index in [1.165, 1.54) is 19.2 Å². The molecule has 15 nitrogen and oxygen atoms in total. The van der Waals surface area contributed by atoms with Crippen molar-refractivity contribution in [2.24, 2.45) is 23.7 Å². The monoisotopic (exact) mass is 853 g/mol. The second-order valence-corrected chi connectivity index (χ2v) is 17.5. The number of hydrogen-bond acceptors (Lipinski definition) is 10. The van der Waals surface area contributed by atoms with E-state index in [9.17, 15) is 34.4 Å². The Balaban J connectivity index is 1.77. The van der Waals surface area contributed by atoms with Gasteiger partial charge in [-0.05, 0) is 55.7 Å². The van der Waals surface area contributed by atoms with E-state index < -0.39 is 53.3 Å². The molecule has 1 fully saturated rings. The van der Waals surface area contributed by atoms with Gasteiger partial charge in [-0.2, -0.15) is 0 Å². The summed E-state index contributed by atoms with van der Waals surface area (Å²) in [5, 5.41) is 28.0. The zero-order valence-corrected chi connectivity index (χ0v) is 38.4. The molecule has 3 rings (SSSR count). The first-order chi connectivity index (χ1) is 28.8. The average Bonchev–Trinajstić information content (AvgIpc) is 3.72. The van der Waals surface area contributed by atoms with Crippen LogP contribution in [0.3, 0.4) is 0 Å². The first-order valence-electron chi connectivity index (χ1n) is 21.7. The van der Waals surface area contributed by atoms with Crippen LogP contribution < -0.4 is 10.6 Å². The Hall–Kier alpha value is -4.44. The van der Waals surface area contributed by atoms with Crippen molar-refractivity contribution in [2.75, 3.05) is 34.9 Å². The zero-order valence-electron chi connectivity index (χ0n) is 38.4. The topological polar surface area (TPSA) is 184 Å². The highest BCUT2D eigenvalue weighted by atomic mass is 16.6. The third-order valence-electron chi connectivity index (χ3n) is 12.4. The molecule has 0 bridgehead atoms. The molecule has 1 saturated heterocycles. The number of nitrogens with zero attached hydrogens (tertiary/aromatic N) is 4. The van der Waals surface area contributed by atoms with Gasteiger partial charge in [0.1, 0.15) is 6.04 Å². The van der Waals surface area contributed by atoms with Crippen LogP contribution in [0.15, 0.2) is 54.6 Å². The summed E-state index contributed by atoms with van der Waals surface area (Å²) >= 11 is 0. The number of aliphatic hydroxyl groups is 1. The average molecular weight is 853 g/mol. The van der Waals surface area contributed by atoms with Gasteiger partial charge >= 0.3 is 0 Å². The summed E-state index contributed by atoms with van der Waals surface area (Å²) in [6.45, 7) is 16.0. The van der Waals surface area contributed by atoms with Gasteiger partial charge in [-0.3, -0.25) is 34.2 Å². The number of carbonyl (C=O) groups excluding carboxylic acids is 4. The molecule has 0 aromatic heterocycles. The van der Waals surface area contributed by atoms with Crippen LogP contribution in [0.1, 0.15) is 98.3 Å². The first-order valence-corrected chi connectivity index (χ1v) is 21.7. The number of ether oxygens (including phenoxy) is 2. The van der Waals surface area contributed by atoms with Crippen molar-refractivity contribution in [3.63, 3.8) is 0 Å². The molecule has 1 aliphatic heterocycles. The number of likely N-dealkylation sites (N-methyl/N-ethyl adjacent to an activating group) is 2. The van der Waals surface area contributed by atoms with E-state index in [0.29, 0.717) is 31.5 Å². The molecule has 2 aromatic rings. The summed E-state index contributed by atoms with van der Waals surface area (Å²) in [6.07, 6.45) is -0.136. The molecule has 15 heteroatoms. The number of nitro benzene ring substituents is 1. The normalized spacial score (nSPS) is 18.8. The maximum absolute atomic E-state index is 14.5. The van der Waals surface area contributed by atoms with Crippen LogP contribution in [0.5, 0.6) is 0 Å². The van der Waals surface area contributed by atoms with Crippen molar-refractivity contribution in [1.82, 2.24) is 25.3 Å². The molecule has 10 atom stereocenters. The van der Waals surface area contributed by atoms with Crippen molar-refractivity contribution >= 4 is 29.3 Å². The van der Waals surface area contributed by atoms with E-state index in [0.717, 1.165) is 12.0 Å². The highest BCUT2D eigenvalue weighted by Crippen LogP contribution is 2.30. The number of carbonyl (C=O) groups is 4. The van der Waals surface area contributed by atoms with Gasteiger partial charge in [0.25, 0.3) is 5.69 Å². The Morgan fingerprint density at radius 2 is 1.52 bits per heavy atom. The van der Waals surface area contributed by atoms with E-state index in [-0.39, 0.29) is 59.5 Å². The summed E-state index contributed by atoms with van der Waals surface area (Å²) in [5.41, 5.74) is 1.49. The van der Waals surface area contributed by atoms with E-state index in [1.807, 2.05) is 83.8 Å². The van der Waals surface area contributed by atoms with E-state index in [2.05, 4.69) is 10.6 Å². The van der Waals surface area contributed by atoms with E-state index in [4.69, 9.17) is 9.47 Å². The molecule has 0 aliphatic carbocycles. The Bertz CT molecular complexity index is 1730. The first kappa shape index (κ1) is 50.9. The summed E-state index contributed by atoms with van der Waals surface area (Å²) in [6, 6.07) is 12.4. The van der Waals surface area contributed by atoms with Gasteiger partial charge in [0, 0.05) is 46.5 Å². The minimum atomic E-state index is -0.899. The molecular formula is C46H72N6O9. The molecule has 0 radical (unpaired) electrons. The Morgan fingerprint density at radius 3 is 2.05 bits per heavy atom. The molecule has 1 aliphatic rings. The summed E-state index contributed by atoms with van der Waals surface area (Å²) in [7, 11) is 6.60. The van der Waals surface area contributed by atoms with Gasteiger partial charge in [0.15, 0.2) is 0 Å². The quantitative estimate of drug-likeness (QED) is 0.0974. The predicted octanol–water partition coefficient (Wildman–Crippen LogP) is 5.35. The molecule has 3 N–H and O–H groups in total. The summed E-state index contributed by atoms with van der Waals surface area (Å²) in [5.74, 6) is -2.18. The molecule has 0 spiro atoms. The summed E-state index contributed by atoms with van der Waals surface area (Å²) < 4.78 is 12.0. The molecule has 4 amide bonds. The van der Waals surface area contributed by atoms with Crippen LogP contribution in [-0.2, 0) is 35.2 Å². The van der Waals surface area contributed by atoms with Gasteiger partial charge in [-0.15, -0.1) is 0 Å². The van der Waals surface area contributed by atoms with E-state index >= 15 is 0 Å². The van der Waals surface area contributed by atoms with Gasteiger partial charge in [-0.25, -0.2) is 0 Å². The minimum Gasteiger partial charge on any atom is -0.386 e. The fraction of sp³-hybridized carbons (Fsp3) is 0.652. The SMILES string of the molecule is CC[C@H](C)[C@@H]([C@@H](CC(=O)N1CCC[C@H]1[C@H](OC)[C@@H](C)C(=O)N[C@H](C)[C@@H](O)c1ccccc1)OC)N(C)C(=O)C(NC(=O)[C@H](C(C)C)N(C)Cc1ccc([N+](=O)[O-])cc1)C(C)C. The lowest BCUT2D eigenvalue weighted by atomic mass is 9.89. The summed E-state index contributed by atoms with van der Waals surface area (Å²) in [4.78, 5) is 72.4. The third-order valence-corrected chi connectivity index (χ3v) is 12.4. The van der Waals surface area contributed by atoms with E-state index in [1.54, 1.807) is 49.9 Å². The van der Waals surface area contributed by atoms with Gasteiger partial charge < -0.3 is 35.0 Å². The third kappa shape index (κ3) is 13.3. The largest absolute Gasteiger partial charge is 0.386 e. The van der Waals surface area contributed by atoms with Crippen molar-refractivity contribution < 1.29 is 38.7 Å². The van der Waals surface area contributed by atoms with Gasteiger partial charge in [0.2, 0.25) is 23.6 Å². The van der Waals surface area contributed by atoms with Crippen LogP contribution in [0.2, 0.25) is 0 Å². The van der Waals surface area contributed by atoms with Crippen molar-refractivity contribution in [1.29, 1.82) is 0 Å². The molecule has 0 saturated carbocycles. The maximum Gasteiger partial charge on any atom is 0.269 e. The molecule has 1 unspecified atom stereocenters. The molecule has 1 heterocycles. The van der Waals surface area contributed by atoms with Crippen molar-refractivity contribution in [2.45, 2.75) is 136 Å². The number of nitro groups is 1. The van der Waals surface area contributed by atoms with Gasteiger partial charge in [-0.1, -0.05) is 97.4 Å². The Kier molecular flexibility index (Phi) is 19.8. The number of methoxy groups -OCH3 is 2. The number of non-ortho nitro benzene ring substituents is 1. The van der Waals surface area contributed by atoms with Crippen LogP contribution in [-0.4, -0.2) is 126 Å². The standard InChI is InChI=1S/C46H72N6O9/c1-13-30(6)41(50(10)46(57)39(28(2)3)48-45(56)40(29(4)5)49(9)27-33-21-23-35(24-22-33)52(58)59)37(60-11)26-38(53)51-25-17-20-36(51)43(61-12)31(7)44(55)47-32(8)42(54)34-18-15-14-16-19-34/h14-16,18-19,21-24,28-32,36-37,39-43,54H,13,17,20,25-27H2,1-12H3,(H,47,55)(H,48,56)/t30-,31+,32+,36-,37+,39?,40-,41-,42+,43+/m0/s1. The number of nitrogens with one attached hydrogen (secondary N) is 2. The van der Waals surface area contributed by atoms with Crippen LogP contribution >= 0.6 is 0 Å². The van der Waals surface area contributed by atoms with Crippen LogP contribution in [0.4, 0.5) is 5.69 Å². The molecule has 61 heavy (non-hydrogen) atoms. The number of benzene rings is 2. The predicted molar refractivity (Wildman–Crippen MR) is 235 cm³/mol. The number of aliphatic hydroxyl groups excluding tert-OH is 1. The second-order valence-electron chi connectivity index (χ2n) is 17.5. The van der Waals surface area contributed by atoms with Crippen molar-refractivity contribution in [3.8, 4) is 0 Å². The number of amides is 4. The van der Waals surface area contributed by atoms with Crippen LogP contribution in [0.25, 0.3) is 0 Å². The van der Waals surface area contributed by atoms with Crippen molar-refractivity contribution in [3.05, 3.63) is 75.8 Å². The smallest absolute Gasteiger partial charge is 0.269 e. The van der Waals surface area contributed by atoms with Gasteiger partial charge in [0.05, 0.1) is 59.7 Å². The minimum absolute atomic E-state index is 0.0124. The second kappa shape index (κ2) is 23.7. The Morgan fingerprint density at radius 1 is 0.902 bits per heavy atom. The highest BCUT2D eigenvalue weighted by Gasteiger charge is 2.43. The molecule has 2 aromatic carbocycles.